The lowest BCUT2D eigenvalue weighted by atomic mass is 9.84. The van der Waals surface area contributed by atoms with Gasteiger partial charge in [-0.05, 0) is 46.9 Å². The van der Waals surface area contributed by atoms with Crippen LogP contribution in [0.25, 0.3) is 0 Å². The first-order chi connectivity index (χ1) is 9.97. The molecule has 4 rings (SSSR count). The van der Waals surface area contributed by atoms with E-state index in [4.69, 9.17) is 0 Å². The van der Waals surface area contributed by atoms with Gasteiger partial charge >= 0.3 is 0 Å². The van der Waals surface area contributed by atoms with E-state index in [1.807, 2.05) is 0 Å². The van der Waals surface area contributed by atoms with Gasteiger partial charge in [0.2, 0.25) is 0 Å². The second-order valence-electron chi connectivity index (χ2n) is 7.95. The van der Waals surface area contributed by atoms with E-state index in [1.165, 1.54) is 24.1 Å². The van der Waals surface area contributed by atoms with Gasteiger partial charge in [0, 0.05) is 18.7 Å². The first-order valence-electron chi connectivity index (χ1n) is 8.20. The van der Waals surface area contributed by atoms with Crippen LogP contribution in [-0.4, -0.2) is 13.1 Å². The summed E-state index contributed by atoms with van der Waals surface area (Å²) in [4.78, 5) is 2.53. The molecule has 0 radical (unpaired) electrons. The minimum Gasteiger partial charge on any atom is -0.367 e. The van der Waals surface area contributed by atoms with Crippen molar-refractivity contribution in [3.8, 4) is 0 Å². The molecule has 3 unspecified atom stereocenters. The number of likely N-dealkylation sites (N-methyl/N-ethyl adjacent to an activating group) is 1. The maximum atomic E-state index is 2.53. The standard InChI is InChI=1S/C20H25N/c1-20(2,3)14-9-10-18-16(12-14)17-11-13-7-5-6-8-15(13)19(17)21(18)4/h5-6,8-10,12-13,17,19H,7,11H2,1-4H3. The molecule has 1 aromatic rings. The van der Waals surface area contributed by atoms with Crippen LogP contribution >= 0.6 is 0 Å². The minimum absolute atomic E-state index is 0.234. The van der Waals surface area contributed by atoms with E-state index < -0.39 is 0 Å². The summed E-state index contributed by atoms with van der Waals surface area (Å²) in [6.07, 6.45) is 9.53. The SMILES string of the molecule is CN1c2ccc(C(C)(C)C)cc2C2CC3CC=CC=C3C21. The Kier molecular flexibility index (Phi) is 2.67. The molecule has 3 atom stereocenters. The van der Waals surface area contributed by atoms with Gasteiger partial charge < -0.3 is 4.90 Å². The first kappa shape index (κ1) is 13.2. The zero-order valence-electron chi connectivity index (χ0n) is 13.6. The molecule has 0 aromatic heterocycles. The van der Waals surface area contributed by atoms with Crippen molar-refractivity contribution in [2.24, 2.45) is 5.92 Å². The molecule has 1 heteroatoms. The summed E-state index contributed by atoms with van der Waals surface area (Å²) >= 11 is 0. The van der Waals surface area contributed by atoms with E-state index in [0.717, 1.165) is 5.92 Å². The summed E-state index contributed by atoms with van der Waals surface area (Å²) in [7, 11) is 2.28. The lowest BCUT2D eigenvalue weighted by Crippen LogP contribution is -2.29. The fraction of sp³-hybridized carbons (Fsp3) is 0.500. The minimum atomic E-state index is 0.234. The van der Waals surface area contributed by atoms with Gasteiger partial charge in [-0.25, -0.2) is 0 Å². The molecule has 0 N–H and O–H groups in total. The summed E-state index contributed by atoms with van der Waals surface area (Å²) in [5.41, 5.74) is 6.41. The number of anilines is 1. The van der Waals surface area contributed by atoms with Crippen molar-refractivity contribution in [3.63, 3.8) is 0 Å². The molecule has 3 aliphatic rings. The van der Waals surface area contributed by atoms with Gasteiger partial charge in [-0.1, -0.05) is 51.1 Å². The summed E-state index contributed by atoms with van der Waals surface area (Å²) in [5, 5.41) is 0. The molecule has 21 heavy (non-hydrogen) atoms. The van der Waals surface area contributed by atoms with Gasteiger partial charge in [-0.2, -0.15) is 0 Å². The van der Waals surface area contributed by atoms with Crippen LogP contribution < -0.4 is 4.90 Å². The predicted molar refractivity (Wildman–Crippen MR) is 90.0 cm³/mol. The Morgan fingerprint density at radius 2 is 2.00 bits per heavy atom. The largest absolute Gasteiger partial charge is 0.367 e. The molecule has 0 bridgehead atoms. The summed E-state index contributed by atoms with van der Waals surface area (Å²) < 4.78 is 0. The van der Waals surface area contributed by atoms with Gasteiger partial charge in [0.05, 0.1) is 6.04 Å². The summed E-state index contributed by atoms with van der Waals surface area (Å²) in [6, 6.07) is 7.76. The van der Waals surface area contributed by atoms with E-state index >= 15 is 0 Å². The quantitative estimate of drug-likeness (QED) is 0.660. The summed E-state index contributed by atoms with van der Waals surface area (Å²) in [5.74, 6) is 1.47. The molecule has 110 valence electrons. The zero-order valence-corrected chi connectivity index (χ0v) is 13.6. The highest BCUT2D eigenvalue weighted by Crippen LogP contribution is 2.55. The fourth-order valence-corrected chi connectivity index (χ4v) is 4.51. The van der Waals surface area contributed by atoms with Crippen LogP contribution in [0, 0.1) is 5.92 Å². The zero-order chi connectivity index (χ0) is 14.8. The number of benzene rings is 1. The molecular formula is C20H25N. The smallest absolute Gasteiger partial charge is 0.0574 e. The third-order valence-corrected chi connectivity index (χ3v) is 5.67. The predicted octanol–water partition coefficient (Wildman–Crippen LogP) is 4.79. The summed E-state index contributed by atoms with van der Waals surface area (Å²) in [6.45, 7) is 6.93. The third-order valence-electron chi connectivity index (χ3n) is 5.67. The van der Waals surface area contributed by atoms with E-state index in [-0.39, 0.29) is 5.41 Å². The molecule has 1 nitrogen and oxygen atoms in total. The Balaban J connectivity index is 1.80. The van der Waals surface area contributed by atoms with Gasteiger partial charge in [0.25, 0.3) is 0 Å². The van der Waals surface area contributed by atoms with E-state index in [1.54, 1.807) is 11.1 Å². The highest BCUT2D eigenvalue weighted by Gasteiger charge is 2.47. The second kappa shape index (κ2) is 4.25. The molecule has 1 saturated carbocycles. The monoisotopic (exact) mass is 279 g/mol. The molecular weight excluding hydrogens is 254 g/mol. The lowest BCUT2D eigenvalue weighted by Gasteiger charge is -2.26. The number of rotatable bonds is 0. The van der Waals surface area contributed by atoms with E-state index in [2.05, 4.69) is 69.1 Å². The Labute approximate surface area is 128 Å². The topological polar surface area (TPSA) is 3.24 Å². The molecule has 0 amide bonds. The van der Waals surface area contributed by atoms with Crippen LogP contribution in [0.2, 0.25) is 0 Å². The number of hydrogen-bond acceptors (Lipinski definition) is 1. The number of hydrogen-bond donors (Lipinski definition) is 0. The van der Waals surface area contributed by atoms with Crippen molar-refractivity contribution in [1.82, 2.24) is 0 Å². The molecule has 0 saturated heterocycles. The Morgan fingerprint density at radius 3 is 2.76 bits per heavy atom. The van der Waals surface area contributed by atoms with Crippen molar-refractivity contribution in [3.05, 3.63) is 53.1 Å². The Morgan fingerprint density at radius 1 is 1.19 bits per heavy atom. The maximum absolute atomic E-state index is 2.53. The van der Waals surface area contributed by atoms with Crippen LogP contribution in [0.5, 0.6) is 0 Å². The molecule has 1 aliphatic heterocycles. The highest BCUT2D eigenvalue weighted by molar-refractivity contribution is 5.66. The normalized spacial score (nSPS) is 30.0. The average Bonchev–Trinajstić information content (AvgIpc) is 2.95. The molecule has 1 heterocycles. The second-order valence-corrected chi connectivity index (χ2v) is 7.95. The Hall–Kier alpha value is -1.50. The van der Waals surface area contributed by atoms with Gasteiger partial charge in [0.15, 0.2) is 0 Å². The van der Waals surface area contributed by atoms with Crippen molar-refractivity contribution >= 4 is 5.69 Å². The first-order valence-corrected chi connectivity index (χ1v) is 8.20. The Bertz CT molecular complexity index is 644. The van der Waals surface area contributed by atoms with Crippen LogP contribution in [-0.2, 0) is 5.41 Å². The van der Waals surface area contributed by atoms with Crippen LogP contribution in [0.15, 0.2) is 42.0 Å². The molecule has 0 spiro atoms. The van der Waals surface area contributed by atoms with Gasteiger partial charge in [-0.15, -0.1) is 0 Å². The van der Waals surface area contributed by atoms with Gasteiger partial charge in [-0.3, -0.25) is 0 Å². The average molecular weight is 279 g/mol. The van der Waals surface area contributed by atoms with Crippen molar-refractivity contribution in [2.75, 3.05) is 11.9 Å². The van der Waals surface area contributed by atoms with Crippen LogP contribution in [0.1, 0.15) is 50.7 Å². The fourth-order valence-electron chi connectivity index (χ4n) is 4.51. The number of nitrogens with zero attached hydrogens (tertiary/aromatic N) is 1. The van der Waals surface area contributed by atoms with Crippen molar-refractivity contribution < 1.29 is 0 Å². The van der Waals surface area contributed by atoms with Gasteiger partial charge in [0.1, 0.15) is 0 Å². The third kappa shape index (κ3) is 1.83. The van der Waals surface area contributed by atoms with E-state index in [9.17, 15) is 0 Å². The lowest BCUT2D eigenvalue weighted by molar-refractivity contribution is 0.579. The molecule has 1 fully saturated rings. The highest BCUT2D eigenvalue weighted by atomic mass is 15.2. The molecule has 2 aliphatic carbocycles. The van der Waals surface area contributed by atoms with Crippen LogP contribution in [0.4, 0.5) is 5.69 Å². The maximum Gasteiger partial charge on any atom is 0.0574 e. The van der Waals surface area contributed by atoms with E-state index in [0.29, 0.717) is 12.0 Å². The number of allylic oxidation sites excluding steroid dienone is 3. The molecule has 1 aromatic carbocycles. The van der Waals surface area contributed by atoms with Crippen LogP contribution in [0.3, 0.4) is 0 Å². The number of fused-ring (bicyclic) bond motifs is 5. The van der Waals surface area contributed by atoms with Crippen molar-refractivity contribution in [2.45, 2.75) is 51.0 Å². The van der Waals surface area contributed by atoms with Crippen molar-refractivity contribution in [1.29, 1.82) is 0 Å².